The van der Waals surface area contributed by atoms with E-state index >= 15 is 0 Å². The Bertz CT molecular complexity index is 504. The van der Waals surface area contributed by atoms with Gasteiger partial charge in [0.05, 0.1) is 6.04 Å². The van der Waals surface area contributed by atoms with Crippen molar-refractivity contribution in [2.24, 2.45) is 0 Å². The predicted octanol–water partition coefficient (Wildman–Crippen LogP) is 2.67. The van der Waals surface area contributed by atoms with Gasteiger partial charge in [-0.2, -0.15) is 0 Å². The molecule has 1 atom stereocenters. The van der Waals surface area contributed by atoms with Gasteiger partial charge in [0.1, 0.15) is 0 Å². The van der Waals surface area contributed by atoms with Crippen LogP contribution in [0.15, 0.2) is 24.3 Å². The maximum absolute atomic E-state index is 12.6. The zero-order chi connectivity index (χ0) is 14.9. The number of hydrogen-bond acceptors (Lipinski definition) is 2. The minimum Gasteiger partial charge on any atom is -0.349 e. The fraction of sp³-hybridized carbons (Fsp3) is 0.611. The van der Waals surface area contributed by atoms with Crippen molar-refractivity contribution in [2.45, 2.75) is 57.0 Å². The number of nitrogens with zero attached hydrogens (tertiary/aromatic N) is 1. The number of carbonyl (C=O) groups excluding carboxylic acids is 1. The zero-order valence-electron chi connectivity index (χ0n) is 13.2. The van der Waals surface area contributed by atoms with Crippen LogP contribution < -0.4 is 5.32 Å². The monoisotopic (exact) mass is 286 g/mol. The van der Waals surface area contributed by atoms with E-state index < -0.39 is 0 Å². The Morgan fingerprint density at radius 3 is 2.62 bits per heavy atom. The molecule has 0 radical (unpaired) electrons. The van der Waals surface area contributed by atoms with Crippen LogP contribution in [0.5, 0.6) is 0 Å². The van der Waals surface area contributed by atoms with E-state index in [1.54, 1.807) is 0 Å². The molecule has 1 aliphatic carbocycles. The molecule has 3 nitrogen and oxygen atoms in total. The smallest absolute Gasteiger partial charge is 0.237 e. The fourth-order valence-electron chi connectivity index (χ4n) is 3.34. The number of hydrogen-bond donors (Lipinski definition) is 1. The van der Waals surface area contributed by atoms with Gasteiger partial charge in [-0.1, -0.05) is 36.2 Å². The third-order valence-electron chi connectivity index (χ3n) is 4.98. The number of amides is 1. The van der Waals surface area contributed by atoms with Crippen LogP contribution in [0.2, 0.25) is 0 Å². The topological polar surface area (TPSA) is 32.3 Å². The largest absolute Gasteiger partial charge is 0.349 e. The van der Waals surface area contributed by atoms with Gasteiger partial charge < -0.3 is 5.32 Å². The van der Waals surface area contributed by atoms with Crippen molar-refractivity contribution in [1.82, 2.24) is 10.2 Å². The van der Waals surface area contributed by atoms with Gasteiger partial charge in [0.2, 0.25) is 5.91 Å². The first-order chi connectivity index (χ1) is 10.1. The summed E-state index contributed by atoms with van der Waals surface area (Å²) in [6, 6.07) is 8.77. The molecule has 114 valence electrons. The molecule has 1 heterocycles. The number of likely N-dealkylation sites (tertiary alicyclic amines) is 1. The molecule has 3 heteroatoms. The van der Waals surface area contributed by atoms with Gasteiger partial charge in [-0.3, -0.25) is 9.69 Å². The number of piperidine rings is 1. The lowest BCUT2D eigenvalue weighted by atomic mass is 9.99. The molecule has 21 heavy (non-hydrogen) atoms. The molecule has 1 aromatic rings. The number of likely N-dealkylation sites (N-methyl/N-ethyl adjacent to an activating group) is 1. The van der Waals surface area contributed by atoms with E-state index in [1.807, 2.05) is 0 Å². The Labute approximate surface area is 127 Å². The second kappa shape index (κ2) is 5.80. The first-order valence-electron chi connectivity index (χ1n) is 8.16. The average molecular weight is 286 g/mol. The van der Waals surface area contributed by atoms with Gasteiger partial charge in [-0.25, -0.2) is 0 Å². The van der Waals surface area contributed by atoms with E-state index in [1.165, 1.54) is 24.0 Å². The molecule has 1 saturated carbocycles. The summed E-state index contributed by atoms with van der Waals surface area (Å²) in [6.45, 7) is 3.15. The van der Waals surface area contributed by atoms with Crippen molar-refractivity contribution in [3.63, 3.8) is 0 Å². The average Bonchev–Trinajstić information content (AvgIpc) is 3.21. The number of carbonyl (C=O) groups is 1. The van der Waals surface area contributed by atoms with Gasteiger partial charge in [0.15, 0.2) is 0 Å². The molecular formula is C18H26N2O. The summed E-state index contributed by atoms with van der Waals surface area (Å²) >= 11 is 0. The SMILES string of the molecule is Cc1ccc(CC2(NC(=O)[C@H]3CCCCN3C)CC2)cc1. The molecule has 3 rings (SSSR count). The van der Waals surface area contributed by atoms with Gasteiger partial charge >= 0.3 is 0 Å². The van der Waals surface area contributed by atoms with Crippen LogP contribution >= 0.6 is 0 Å². The van der Waals surface area contributed by atoms with Crippen molar-refractivity contribution in [3.8, 4) is 0 Å². The van der Waals surface area contributed by atoms with Crippen LogP contribution in [0.1, 0.15) is 43.2 Å². The van der Waals surface area contributed by atoms with Crippen molar-refractivity contribution >= 4 is 5.91 Å². The van der Waals surface area contributed by atoms with Crippen LogP contribution in [-0.4, -0.2) is 36.0 Å². The number of aryl methyl sites for hydroxylation is 1. The lowest BCUT2D eigenvalue weighted by molar-refractivity contribution is -0.128. The van der Waals surface area contributed by atoms with Crippen LogP contribution in [-0.2, 0) is 11.2 Å². The first kappa shape index (κ1) is 14.6. The van der Waals surface area contributed by atoms with Crippen molar-refractivity contribution in [1.29, 1.82) is 0 Å². The third-order valence-corrected chi connectivity index (χ3v) is 4.98. The van der Waals surface area contributed by atoms with E-state index in [2.05, 4.69) is 48.5 Å². The van der Waals surface area contributed by atoms with Gasteiger partial charge in [-0.15, -0.1) is 0 Å². The lowest BCUT2D eigenvalue weighted by Gasteiger charge is -2.32. The molecule has 0 spiro atoms. The van der Waals surface area contributed by atoms with Gasteiger partial charge in [0, 0.05) is 5.54 Å². The molecule has 1 amide bonds. The summed E-state index contributed by atoms with van der Waals surface area (Å²) in [4.78, 5) is 14.8. The summed E-state index contributed by atoms with van der Waals surface area (Å²) in [5.74, 6) is 0.238. The molecule has 1 saturated heterocycles. The first-order valence-corrected chi connectivity index (χ1v) is 8.16. The molecule has 1 aromatic carbocycles. The lowest BCUT2D eigenvalue weighted by Crippen LogP contribution is -2.51. The Kier molecular flexibility index (Phi) is 4.03. The zero-order valence-corrected chi connectivity index (χ0v) is 13.2. The Morgan fingerprint density at radius 1 is 1.29 bits per heavy atom. The molecular weight excluding hydrogens is 260 g/mol. The molecule has 0 unspecified atom stereocenters. The minimum absolute atomic E-state index is 0.0324. The van der Waals surface area contributed by atoms with Crippen LogP contribution in [0.3, 0.4) is 0 Å². The Hall–Kier alpha value is -1.35. The van der Waals surface area contributed by atoms with E-state index in [0.29, 0.717) is 0 Å². The quantitative estimate of drug-likeness (QED) is 0.923. The molecule has 1 N–H and O–H groups in total. The standard InChI is InChI=1S/C18H26N2O/c1-14-6-8-15(9-7-14)13-18(10-11-18)19-17(21)16-5-3-4-12-20(16)2/h6-9,16H,3-5,10-13H2,1-2H3,(H,19,21)/t16-/m1/s1. The Balaban J connectivity index is 1.61. The fourth-order valence-corrected chi connectivity index (χ4v) is 3.34. The Morgan fingerprint density at radius 2 is 2.00 bits per heavy atom. The van der Waals surface area contributed by atoms with E-state index in [4.69, 9.17) is 0 Å². The summed E-state index contributed by atoms with van der Waals surface area (Å²) in [5, 5.41) is 3.35. The second-order valence-corrected chi connectivity index (χ2v) is 6.92. The van der Waals surface area contributed by atoms with Gasteiger partial charge in [0.25, 0.3) is 0 Å². The van der Waals surface area contributed by atoms with Gasteiger partial charge in [-0.05, 0) is 58.2 Å². The number of nitrogens with one attached hydrogen (secondary N) is 1. The highest BCUT2D eigenvalue weighted by molar-refractivity contribution is 5.83. The van der Waals surface area contributed by atoms with Crippen LogP contribution in [0.25, 0.3) is 0 Å². The highest BCUT2D eigenvalue weighted by Crippen LogP contribution is 2.39. The second-order valence-electron chi connectivity index (χ2n) is 6.92. The van der Waals surface area contributed by atoms with Crippen molar-refractivity contribution in [2.75, 3.05) is 13.6 Å². The summed E-state index contributed by atoms with van der Waals surface area (Å²) in [5.41, 5.74) is 2.65. The van der Waals surface area contributed by atoms with E-state index in [-0.39, 0.29) is 17.5 Å². The summed E-state index contributed by atoms with van der Waals surface area (Å²) in [7, 11) is 2.07. The molecule has 2 fully saturated rings. The van der Waals surface area contributed by atoms with Crippen LogP contribution in [0.4, 0.5) is 0 Å². The minimum atomic E-state index is 0.0324. The van der Waals surface area contributed by atoms with Crippen molar-refractivity contribution < 1.29 is 4.79 Å². The third kappa shape index (κ3) is 3.46. The highest BCUT2D eigenvalue weighted by Gasteiger charge is 2.45. The number of rotatable bonds is 4. The predicted molar refractivity (Wildman–Crippen MR) is 85.3 cm³/mol. The normalized spacial score (nSPS) is 24.6. The molecule has 2 aliphatic rings. The van der Waals surface area contributed by atoms with E-state index in [9.17, 15) is 4.79 Å². The maximum Gasteiger partial charge on any atom is 0.237 e. The highest BCUT2D eigenvalue weighted by atomic mass is 16.2. The summed E-state index contributed by atoms with van der Waals surface area (Å²) < 4.78 is 0. The summed E-state index contributed by atoms with van der Waals surface area (Å²) in [6.07, 6.45) is 6.59. The van der Waals surface area contributed by atoms with Crippen molar-refractivity contribution in [3.05, 3.63) is 35.4 Å². The number of benzene rings is 1. The molecule has 1 aliphatic heterocycles. The maximum atomic E-state index is 12.6. The van der Waals surface area contributed by atoms with E-state index in [0.717, 1.165) is 32.2 Å². The molecule has 0 bridgehead atoms. The van der Waals surface area contributed by atoms with Crippen LogP contribution in [0, 0.1) is 6.92 Å². The molecule has 0 aromatic heterocycles.